The van der Waals surface area contributed by atoms with E-state index in [1.807, 2.05) is 36.4 Å². The van der Waals surface area contributed by atoms with E-state index >= 15 is 0 Å². The number of ether oxygens (including phenoxy) is 1. The zero-order chi connectivity index (χ0) is 11.5. The highest BCUT2D eigenvalue weighted by Gasteiger charge is 2.13. The van der Waals surface area contributed by atoms with Crippen molar-refractivity contribution in [2.45, 2.75) is 0 Å². The summed E-state index contributed by atoms with van der Waals surface area (Å²) in [7, 11) is 1.50. The molecular weight excluding hydrogens is 200 g/mol. The van der Waals surface area contributed by atoms with Gasteiger partial charge >= 0.3 is 0 Å². The number of hydrogen-bond donors (Lipinski definition) is 0. The van der Waals surface area contributed by atoms with Gasteiger partial charge in [0, 0.05) is 5.39 Å². The van der Waals surface area contributed by atoms with E-state index in [1.165, 1.54) is 7.11 Å². The molecule has 0 aliphatic rings. The summed E-state index contributed by atoms with van der Waals surface area (Å²) in [5, 5.41) is 19.8. The molecule has 16 heavy (non-hydrogen) atoms. The van der Waals surface area contributed by atoms with Crippen LogP contribution in [0, 0.1) is 22.7 Å². The van der Waals surface area contributed by atoms with Crippen molar-refractivity contribution >= 4 is 10.8 Å². The van der Waals surface area contributed by atoms with Crippen LogP contribution in [0.25, 0.3) is 10.8 Å². The van der Waals surface area contributed by atoms with Crippen LogP contribution >= 0.6 is 0 Å². The highest BCUT2D eigenvalue weighted by Crippen LogP contribution is 2.31. The molecule has 0 unspecified atom stereocenters. The summed E-state index contributed by atoms with van der Waals surface area (Å²) in [6, 6.07) is 13.2. The third-order valence-corrected chi connectivity index (χ3v) is 2.44. The molecule has 0 amide bonds. The van der Waals surface area contributed by atoms with Crippen molar-refractivity contribution < 1.29 is 4.74 Å². The number of hydrogen-bond acceptors (Lipinski definition) is 3. The Morgan fingerprint density at radius 2 is 1.88 bits per heavy atom. The molecule has 2 aromatic carbocycles. The summed E-state index contributed by atoms with van der Waals surface area (Å²) >= 11 is 0. The van der Waals surface area contributed by atoms with E-state index in [4.69, 9.17) is 15.3 Å². The molecule has 0 aliphatic carbocycles. The third-order valence-electron chi connectivity index (χ3n) is 2.44. The van der Waals surface area contributed by atoms with E-state index in [-0.39, 0.29) is 0 Å². The quantitative estimate of drug-likeness (QED) is 0.723. The van der Waals surface area contributed by atoms with E-state index in [9.17, 15) is 0 Å². The third kappa shape index (κ3) is 1.36. The van der Waals surface area contributed by atoms with Crippen LogP contribution in [0.2, 0.25) is 0 Å². The zero-order valence-electron chi connectivity index (χ0n) is 8.69. The van der Waals surface area contributed by atoms with Crippen molar-refractivity contribution in [2.24, 2.45) is 0 Å². The van der Waals surface area contributed by atoms with Crippen LogP contribution in [0.15, 0.2) is 30.3 Å². The van der Waals surface area contributed by atoms with Gasteiger partial charge in [0.1, 0.15) is 23.5 Å². The van der Waals surface area contributed by atoms with Crippen molar-refractivity contribution in [1.29, 1.82) is 10.5 Å². The SMILES string of the molecule is COc1c(C#N)c(C#N)cc2ccccc12. The Kier molecular flexibility index (Phi) is 2.45. The fourth-order valence-electron chi connectivity index (χ4n) is 1.73. The molecule has 0 saturated heterocycles. The maximum atomic E-state index is 9.04. The van der Waals surface area contributed by atoms with Gasteiger partial charge in [-0.3, -0.25) is 0 Å². The van der Waals surface area contributed by atoms with Crippen LogP contribution in [-0.2, 0) is 0 Å². The van der Waals surface area contributed by atoms with Gasteiger partial charge in [-0.05, 0) is 11.5 Å². The van der Waals surface area contributed by atoms with Crippen LogP contribution in [0.5, 0.6) is 5.75 Å². The minimum absolute atomic E-state index is 0.295. The second-order valence-electron chi connectivity index (χ2n) is 3.28. The van der Waals surface area contributed by atoms with Crippen LogP contribution < -0.4 is 4.74 Å². The number of methoxy groups -OCH3 is 1. The van der Waals surface area contributed by atoms with Gasteiger partial charge in [-0.15, -0.1) is 0 Å². The molecule has 2 rings (SSSR count). The number of rotatable bonds is 1. The highest BCUT2D eigenvalue weighted by atomic mass is 16.5. The second-order valence-corrected chi connectivity index (χ2v) is 3.28. The molecule has 0 fully saturated rings. The Labute approximate surface area is 93.1 Å². The highest BCUT2D eigenvalue weighted by molar-refractivity contribution is 5.92. The summed E-state index contributed by atoms with van der Waals surface area (Å²) < 4.78 is 5.22. The molecule has 0 N–H and O–H groups in total. The van der Waals surface area contributed by atoms with E-state index < -0.39 is 0 Å². The Balaban J connectivity index is 2.96. The minimum Gasteiger partial charge on any atom is -0.495 e. The lowest BCUT2D eigenvalue weighted by atomic mass is 10.0. The summed E-state index contributed by atoms with van der Waals surface area (Å²) in [5.41, 5.74) is 0.641. The maximum Gasteiger partial charge on any atom is 0.145 e. The summed E-state index contributed by atoms with van der Waals surface area (Å²) in [6.45, 7) is 0. The zero-order valence-corrected chi connectivity index (χ0v) is 8.69. The summed E-state index contributed by atoms with van der Waals surface area (Å²) in [4.78, 5) is 0. The van der Waals surface area contributed by atoms with Gasteiger partial charge in [0.2, 0.25) is 0 Å². The van der Waals surface area contributed by atoms with E-state index in [2.05, 4.69) is 0 Å². The fraction of sp³-hybridized carbons (Fsp3) is 0.0769. The predicted molar refractivity (Wildman–Crippen MR) is 59.9 cm³/mol. The minimum atomic E-state index is 0.295. The molecule has 0 radical (unpaired) electrons. The van der Waals surface area contributed by atoms with E-state index in [0.29, 0.717) is 16.9 Å². The van der Waals surface area contributed by atoms with Gasteiger partial charge in [0.05, 0.1) is 12.7 Å². The Morgan fingerprint density at radius 1 is 1.12 bits per heavy atom. The van der Waals surface area contributed by atoms with Gasteiger partial charge in [-0.25, -0.2) is 0 Å². The average Bonchev–Trinajstić information content (AvgIpc) is 2.36. The number of benzene rings is 2. The molecule has 3 heteroatoms. The standard InChI is InChI=1S/C13H8N2O/c1-16-13-11-5-3-2-4-9(11)6-10(7-14)12(13)8-15/h2-6H,1H3. The van der Waals surface area contributed by atoms with Crippen molar-refractivity contribution in [3.05, 3.63) is 41.5 Å². The first-order valence-corrected chi connectivity index (χ1v) is 4.71. The van der Waals surface area contributed by atoms with Gasteiger partial charge in [-0.2, -0.15) is 10.5 Å². The molecule has 2 aromatic rings. The molecule has 0 heterocycles. The average molecular weight is 208 g/mol. The molecule has 0 bridgehead atoms. The lowest BCUT2D eigenvalue weighted by Crippen LogP contribution is -1.93. The molecular formula is C13H8N2O. The van der Waals surface area contributed by atoms with Crippen molar-refractivity contribution in [1.82, 2.24) is 0 Å². The number of nitriles is 2. The first-order chi connectivity index (χ1) is 7.81. The van der Waals surface area contributed by atoms with Gasteiger partial charge in [0.15, 0.2) is 0 Å². The number of fused-ring (bicyclic) bond motifs is 1. The molecule has 0 aromatic heterocycles. The first-order valence-electron chi connectivity index (χ1n) is 4.71. The Bertz CT molecular complexity index is 633. The smallest absolute Gasteiger partial charge is 0.145 e. The lowest BCUT2D eigenvalue weighted by molar-refractivity contribution is 0.418. The van der Waals surface area contributed by atoms with E-state index in [0.717, 1.165) is 10.8 Å². The molecule has 76 valence electrons. The topological polar surface area (TPSA) is 56.8 Å². The van der Waals surface area contributed by atoms with Crippen LogP contribution in [0.4, 0.5) is 0 Å². The van der Waals surface area contributed by atoms with Gasteiger partial charge < -0.3 is 4.74 Å². The summed E-state index contributed by atoms with van der Waals surface area (Å²) in [5.74, 6) is 0.470. The molecule has 0 saturated carbocycles. The monoisotopic (exact) mass is 208 g/mol. The maximum absolute atomic E-state index is 9.04. The van der Waals surface area contributed by atoms with Crippen LogP contribution in [0.3, 0.4) is 0 Å². The molecule has 0 atom stereocenters. The first kappa shape index (κ1) is 10.0. The van der Waals surface area contributed by atoms with Crippen LogP contribution in [-0.4, -0.2) is 7.11 Å². The predicted octanol–water partition coefficient (Wildman–Crippen LogP) is 2.59. The normalized spacial score (nSPS) is 9.44. The molecule has 0 spiro atoms. The second kappa shape index (κ2) is 3.92. The van der Waals surface area contributed by atoms with Crippen molar-refractivity contribution in [3.8, 4) is 17.9 Å². The van der Waals surface area contributed by atoms with Crippen molar-refractivity contribution in [3.63, 3.8) is 0 Å². The lowest BCUT2D eigenvalue weighted by Gasteiger charge is -2.08. The van der Waals surface area contributed by atoms with Crippen molar-refractivity contribution in [2.75, 3.05) is 7.11 Å². The molecule has 3 nitrogen and oxygen atoms in total. The Hall–Kier alpha value is -2.52. The summed E-state index contributed by atoms with van der Waals surface area (Å²) in [6.07, 6.45) is 0. The Morgan fingerprint density at radius 3 is 2.50 bits per heavy atom. The van der Waals surface area contributed by atoms with Gasteiger partial charge in [-0.1, -0.05) is 24.3 Å². The molecule has 0 aliphatic heterocycles. The number of nitrogens with zero attached hydrogens (tertiary/aromatic N) is 2. The largest absolute Gasteiger partial charge is 0.495 e. The fourth-order valence-corrected chi connectivity index (χ4v) is 1.73. The van der Waals surface area contributed by atoms with E-state index in [1.54, 1.807) is 6.07 Å². The van der Waals surface area contributed by atoms with Gasteiger partial charge in [0.25, 0.3) is 0 Å². The van der Waals surface area contributed by atoms with Crippen LogP contribution in [0.1, 0.15) is 11.1 Å².